The third-order valence-electron chi connectivity index (χ3n) is 3.59. The average Bonchev–Trinajstić information content (AvgIpc) is 2.55. The van der Waals surface area contributed by atoms with E-state index in [1.165, 1.54) is 6.07 Å². The Balaban J connectivity index is 2.29. The van der Waals surface area contributed by atoms with Crippen molar-refractivity contribution in [3.8, 4) is 5.75 Å². The Hall–Kier alpha value is -2.55. The Morgan fingerprint density at radius 1 is 1.14 bits per heavy atom. The maximum absolute atomic E-state index is 12.1. The number of nitrogens with zero attached hydrogens (tertiary/aromatic N) is 1. The third kappa shape index (κ3) is 7.99. The molecule has 1 aromatic carbocycles. The number of rotatable bonds is 9. The first-order valence-electron chi connectivity index (χ1n) is 8.94. The van der Waals surface area contributed by atoms with Crippen molar-refractivity contribution in [2.75, 3.05) is 13.1 Å². The Morgan fingerprint density at radius 3 is 2.25 bits per heavy atom. The predicted octanol–water partition coefficient (Wildman–Crippen LogP) is 3.77. The lowest BCUT2D eigenvalue weighted by molar-refractivity contribution is -0.385. The van der Waals surface area contributed by atoms with E-state index in [0.29, 0.717) is 19.5 Å². The van der Waals surface area contributed by atoms with Crippen molar-refractivity contribution in [2.45, 2.75) is 52.1 Å². The predicted molar refractivity (Wildman–Crippen MR) is 105 cm³/mol. The van der Waals surface area contributed by atoms with Crippen LogP contribution in [-0.4, -0.2) is 40.7 Å². The lowest BCUT2D eigenvalue weighted by Gasteiger charge is -2.19. The lowest BCUT2D eigenvalue weighted by atomic mass is 10.1. The summed E-state index contributed by atoms with van der Waals surface area (Å²) in [6.45, 7) is 6.21. The minimum atomic E-state index is -0.784. The Kier molecular flexibility index (Phi) is 8.98. The highest BCUT2D eigenvalue weighted by Gasteiger charge is 2.24. The van der Waals surface area contributed by atoms with Crippen molar-refractivity contribution < 1.29 is 24.4 Å². The average molecular weight is 416 g/mol. The number of hydrogen-bond donors (Lipinski definition) is 3. The number of benzene rings is 1. The van der Waals surface area contributed by atoms with Gasteiger partial charge in [0.15, 0.2) is 0 Å². The summed E-state index contributed by atoms with van der Waals surface area (Å²) in [4.78, 5) is 33.7. The van der Waals surface area contributed by atoms with E-state index in [1.807, 2.05) is 0 Å². The number of nitrogens with one attached hydrogen (secondary N) is 2. The summed E-state index contributed by atoms with van der Waals surface area (Å²) < 4.78 is 5.12. The van der Waals surface area contributed by atoms with Gasteiger partial charge in [-0.3, -0.25) is 14.9 Å². The Labute approximate surface area is 168 Å². The van der Waals surface area contributed by atoms with E-state index in [2.05, 4.69) is 10.6 Å². The molecule has 0 atom stereocenters. The van der Waals surface area contributed by atoms with Gasteiger partial charge in [-0.1, -0.05) is 24.4 Å². The molecule has 0 aliphatic carbocycles. The second kappa shape index (κ2) is 10.7. The van der Waals surface area contributed by atoms with E-state index >= 15 is 0 Å². The number of nitro groups is 1. The Morgan fingerprint density at radius 2 is 1.71 bits per heavy atom. The SMILES string of the molecule is CC(C)(C)OC(=O)NCCCCCCNC(=O)c1c(Cl)ccc([N+](=O)[O-])c1O. The molecule has 9 nitrogen and oxygen atoms in total. The van der Waals surface area contributed by atoms with Gasteiger partial charge in [-0.15, -0.1) is 0 Å². The molecule has 3 N–H and O–H groups in total. The van der Waals surface area contributed by atoms with Crippen molar-refractivity contribution in [2.24, 2.45) is 0 Å². The van der Waals surface area contributed by atoms with E-state index in [-0.39, 0.29) is 10.6 Å². The molecular formula is C18H26ClN3O6. The van der Waals surface area contributed by atoms with Crippen molar-refractivity contribution in [1.29, 1.82) is 0 Å². The molecule has 2 amide bonds. The van der Waals surface area contributed by atoms with Crippen molar-refractivity contribution in [3.05, 3.63) is 32.8 Å². The molecule has 0 heterocycles. The minimum Gasteiger partial charge on any atom is -0.502 e. The fourth-order valence-electron chi connectivity index (χ4n) is 2.32. The number of carbonyl (C=O) groups is 2. The van der Waals surface area contributed by atoms with Crippen molar-refractivity contribution in [1.82, 2.24) is 10.6 Å². The number of nitro benzene ring substituents is 1. The third-order valence-corrected chi connectivity index (χ3v) is 3.90. The molecule has 1 aromatic rings. The first kappa shape index (κ1) is 23.5. The number of hydrogen-bond acceptors (Lipinski definition) is 6. The zero-order chi connectivity index (χ0) is 21.3. The summed E-state index contributed by atoms with van der Waals surface area (Å²) >= 11 is 5.88. The summed E-state index contributed by atoms with van der Waals surface area (Å²) in [6.07, 6.45) is 2.64. The zero-order valence-corrected chi connectivity index (χ0v) is 17.0. The largest absolute Gasteiger partial charge is 0.502 e. The number of alkyl carbamates (subject to hydrolysis) is 1. The first-order chi connectivity index (χ1) is 13.0. The van der Waals surface area contributed by atoms with Crippen LogP contribution >= 0.6 is 11.6 Å². The summed E-state index contributed by atoms with van der Waals surface area (Å²) in [6, 6.07) is 2.24. The van der Waals surface area contributed by atoms with Crippen LogP contribution in [0.25, 0.3) is 0 Å². The van der Waals surface area contributed by atoms with Crippen LogP contribution < -0.4 is 10.6 Å². The monoisotopic (exact) mass is 415 g/mol. The van der Waals surface area contributed by atoms with Crippen LogP contribution in [0.4, 0.5) is 10.5 Å². The van der Waals surface area contributed by atoms with E-state index in [0.717, 1.165) is 25.3 Å². The number of carbonyl (C=O) groups excluding carboxylic acids is 2. The molecule has 0 aromatic heterocycles. The molecule has 0 unspecified atom stereocenters. The Bertz CT molecular complexity index is 718. The molecule has 28 heavy (non-hydrogen) atoms. The molecule has 0 radical (unpaired) electrons. The van der Waals surface area contributed by atoms with E-state index in [9.17, 15) is 24.8 Å². The zero-order valence-electron chi connectivity index (χ0n) is 16.2. The summed E-state index contributed by atoms with van der Waals surface area (Å²) in [7, 11) is 0. The summed E-state index contributed by atoms with van der Waals surface area (Å²) in [5.74, 6) is -1.42. The molecule has 10 heteroatoms. The summed E-state index contributed by atoms with van der Waals surface area (Å²) in [5.41, 5.74) is -1.41. The fraction of sp³-hybridized carbons (Fsp3) is 0.556. The van der Waals surface area contributed by atoms with Crippen LogP contribution in [0.3, 0.4) is 0 Å². The lowest BCUT2D eigenvalue weighted by Crippen LogP contribution is -2.33. The number of unbranched alkanes of at least 4 members (excludes halogenated alkanes) is 3. The minimum absolute atomic E-state index is 0.0613. The maximum Gasteiger partial charge on any atom is 0.407 e. The highest BCUT2D eigenvalue weighted by atomic mass is 35.5. The van der Waals surface area contributed by atoms with Crippen LogP contribution in [0.2, 0.25) is 5.02 Å². The molecule has 0 aliphatic heterocycles. The van der Waals surface area contributed by atoms with Crippen LogP contribution in [0.5, 0.6) is 5.75 Å². The van der Waals surface area contributed by atoms with E-state index in [4.69, 9.17) is 16.3 Å². The van der Waals surface area contributed by atoms with Gasteiger partial charge >= 0.3 is 11.8 Å². The molecule has 0 aliphatic rings. The van der Waals surface area contributed by atoms with Gasteiger partial charge in [-0.2, -0.15) is 0 Å². The van der Waals surface area contributed by atoms with E-state index < -0.39 is 34.0 Å². The molecule has 0 saturated heterocycles. The van der Waals surface area contributed by atoms with Crippen molar-refractivity contribution >= 4 is 29.3 Å². The molecule has 0 spiro atoms. The molecule has 0 fully saturated rings. The van der Waals surface area contributed by atoms with Gasteiger partial charge in [0.25, 0.3) is 5.91 Å². The van der Waals surface area contributed by atoms with Gasteiger partial charge in [0.2, 0.25) is 5.75 Å². The van der Waals surface area contributed by atoms with Gasteiger partial charge in [0.05, 0.1) is 9.95 Å². The highest BCUT2D eigenvalue weighted by molar-refractivity contribution is 6.34. The second-order valence-corrected chi connectivity index (χ2v) is 7.55. The number of phenolic OH excluding ortho intramolecular Hbond substituents is 1. The highest BCUT2D eigenvalue weighted by Crippen LogP contribution is 2.34. The first-order valence-corrected chi connectivity index (χ1v) is 9.31. The molecule has 1 rings (SSSR count). The second-order valence-electron chi connectivity index (χ2n) is 7.15. The van der Waals surface area contributed by atoms with Gasteiger partial charge < -0.3 is 20.5 Å². The number of phenols is 1. The smallest absolute Gasteiger partial charge is 0.407 e. The van der Waals surface area contributed by atoms with Crippen molar-refractivity contribution in [3.63, 3.8) is 0 Å². The molecule has 0 saturated carbocycles. The van der Waals surface area contributed by atoms with Gasteiger partial charge in [0.1, 0.15) is 11.2 Å². The number of ether oxygens (including phenoxy) is 1. The quantitative estimate of drug-likeness (QED) is 0.319. The topological polar surface area (TPSA) is 131 Å². The van der Waals surface area contributed by atoms with Gasteiger partial charge in [-0.25, -0.2) is 4.79 Å². The molecule has 156 valence electrons. The number of halogens is 1. The number of amides is 2. The standard InChI is InChI=1S/C18H26ClN3O6/c1-18(2,3)28-17(25)21-11-7-5-4-6-10-20-16(24)14-12(19)8-9-13(15(14)23)22(26)27/h8-9,23H,4-7,10-11H2,1-3H3,(H,20,24)(H,21,25). The normalized spacial score (nSPS) is 11.0. The number of aromatic hydroxyl groups is 1. The van der Waals surface area contributed by atoms with Crippen LogP contribution in [-0.2, 0) is 4.74 Å². The fourth-order valence-corrected chi connectivity index (χ4v) is 2.56. The maximum atomic E-state index is 12.1. The van der Waals surface area contributed by atoms with Crippen LogP contribution in [0, 0.1) is 10.1 Å². The van der Waals surface area contributed by atoms with E-state index in [1.54, 1.807) is 20.8 Å². The van der Waals surface area contributed by atoms with Crippen LogP contribution in [0.1, 0.15) is 56.8 Å². The van der Waals surface area contributed by atoms with Gasteiger partial charge in [-0.05, 0) is 39.7 Å². The van der Waals surface area contributed by atoms with Gasteiger partial charge in [0, 0.05) is 19.2 Å². The molecular weight excluding hydrogens is 390 g/mol. The van der Waals surface area contributed by atoms with Crippen LogP contribution in [0.15, 0.2) is 12.1 Å². The summed E-state index contributed by atoms with van der Waals surface area (Å²) in [5, 5.41) is 25.9. The molecule has 0 bridgehead atoms.